The molecule has 0 aromatic heterocycles. The van der Waals surface area contributed by atoms with Gasteiger partial charge in [-0.05, 0) is 36.8 Å². The Labute approximate surface area is 154 Å². The predicted octanol–water partition coefficient (Wildman–Crippen LogP) is 4.22. The first-order valence-electron chi connectivity index (χ1n) is 7.73. The van der Waals surface area contributed by atoms with Crippen molar-refractivity contribution in [3.63, 3.8) is 0 Å². The molecule has 8 heteroatoms. The van der Waals surface area contributed by atoms with Crippen LogP contribution in [0.4, 0.5) is 5.69 Å². The second kappa shape index (κ2) is 7.13. The number of carbonyl (C=O) groups is 2. The van der Waals surface area contributed by atoms with E-state index in [1.807, 2.05) is 19.1 Å². The number of ketones is 1. The topological polar surface area (TPSA) is 97.5 Å². The molecule has 0 fully saturated rings. The highest BCUT2D eigenvalue weighted by Crippen LogP contribution is 2.42. The first-order chi connectivity index (χ1) is 12.4. The number of ether oxygens (including phenoxy) is 2. The molecular weight excluding hydrogens is 360 g/mol. The molecule has 7 nitrogen and oxygen atoms in total. The van der Waals surface area contributed by atoms with Gasteiger partial charge in [-0.2, -0.15) is 10.2 Å². The number of carboxylic acid groups (broad SMARTS) is 1. The summed E-state index contributed by atoms with van der Waals surface area (Å²) in [4.78, 5) is 23.7. The predicted molar refractivity (Wildman–Crippen MR) is 93.8 cm³/mol. The Morgan fingerprint density at radius 1 is 1.23 bits per heavy atom. The van der Waals surface area contributed by atoms with Gasteiger partial charge in [0.25, 0.3) is 0 Å². The molecule has 2 aromatic rings. The number of fused-ring (bicyclic) bond motifs is 1. The van der Waals surface area contributed by atoms with Crippen molar-refractivity contribution >= 4 is 29.0 Å². The number of hydrogen-bond acceptors (Lipinski definition) is 6. The summed E-state index contributed by atoms with van der Waals surface area (Å²) < 4.78 is 11.3. The molecule has 26 heavy (non-hydrogen) atoms. The molecule has 1 N–H and O–H groups in total. The van der Waals surface area contributed by atoms with Crippen molar-refractivity contribution < 1.29 is 24.2 Å². The molecule has 1 aliphatic heterocycles. The second-order valence-corrected chi connectivity index (χ2v) is 6.06. The maximum atomic E-state index is 12.5. The normalized spacial score (nSPS) is 16.7. The van der Waals surface area contributed by atoms with Crippen LogP contribution in [-0.2, 0) is 4.79 Å². The number of Topliss-reactive ketones (excluding diaryl/α,β-unsaturated/α-hetero) is 1. The van der Waals surface area contributed by atoms with Crippen LogP contribution >= 0.6 is 11.6 Å². The van der Waals surface area contributed by atoms with Gasteiger partial charge in [0, 0.05) is 5.02 Å². The number of aliphatic carboxylic acids is 1. The van der Waals surface area contributed by atoms with Gasteiger partial charge in [0.2, 0.25) is 11.8 Å². The standard InChI is InChI=1S/C18H15ClN2O5/c1-9(10-3-5-11(19)6-4-10)26-13-8-7-12-14(17(13)25-2)16(22)15(18(23)24)21-20-12/h3-9,15H,1-2H3,(H,23,24). The van der Waals surface area contributed by atoms with Crippen LogP contribution in [0.15, 0.2) is 46.6 Å². The monoisotopic (exact) mass is 374 g/mol. The van der Waals surface area contributed by atoms with Gasteiger partial charge in [0.05, 0.1) is 12.7 Å². The molecule has 2 aromatic carbocycles. The lowest BCUT2D eigenvalue weighted by molar-refractivity contribution is -0.137. The van der Waals surface area contributed by atoms with Gasteiger partial charge >= 0.3 is 5.97 Å². The molecule has 0 amide bonds. The quantitative estimate of drug-likeness (QED) is 0.790. The highest BCUT2D eigenvalue weighted by molar-refractivity contribution is 6.30. The number of azo groups is 1. The molecule has 0 saturated heterocycles. The fourth-order valence-corrected chi connectivity index (χ4v) is 2.76. The SMILES string of the molecule is COc1c(OC(C)c2ccc(Cl)cc2)ccc2c1C(=O)C(C(=O)O)N=N2. The molecule has 134 valence electrons. The zero-order valence-corrected chi connectivity index (χ0v) is 14.7. The molecule has 0 radical (unpaired) electrons. The molecule has 2 atom stereocenters. The van der Waals surface area contributed by atoms with Gasteiger partial charge in [-0.1, -0.05) is 23.7 Å². The smallest absolute Gasteiger partial charge is 0.338 e. The molecule has 1 heterocycles. The van der Waals surface area contributed by atoms with E-state index >= 15 is 0 Å². The average molecular weight is 375 g/mol. The summed E-state index contributed by atoms with van der Waals surface area (Å²) in [5, 5.41) is 17.1. The van der Waals surface area contributed by atoms with E-state index in [2.05, 4.69) is 10.2 Å². The van der Waals surface area contributed by atoms with Crippen molar-refractivity contribution in [1.82, 2.24) is 0 Å². The van der Waals surface area contributed by atoms with E-state index in [4.69, 9.17) is 26.2 Å². The van der Waals surface area contributed by atoms with E-state index in [-0.39, 0.29) is 23.1 Å². The lowest BCUT2D eigenvalue weighted by Gasteiger charge is -2.21. The maximum absolute atomic E-state index is 12.5. The number of carboxylic acids is 1. The first kappa shape index (κ1) is 17.9. The number of benzene rings is 2. The van der Waals surface area contributed by atoms with Crippen LogP contribution in [-0.4, -0.2) is 30.0 Å². The number of carbonyl (C=O) groups excluding carboxylic acids is 1. The van der Waals surface area contributed by atoms with Crippen molar-refractivity contribution in [2.45, 2.75) is 19.1 Å². The Balaban J connectivity index is 1.97. The van der Waals surface area contributed by atoms with Crippen molar-refractivity contribution in [3.8, 4) is 11.5 Å². The molecule has 2 unspecified atom stereocenters. The molecular formula is C18H15ClN2O5. The van der Waals surface area contributed by atoms with Gasteiger partial charge in [-0.25, -0.2) is 4.79 Å². The molecule has 0 aliphatic carbocycles. The van der Waals surface area contributed by atoms with Crippen molar-refractivity contribution in [2.24, 2.45) is 10.2 Å². The van der Waals surface area contributed by atoms with E-state index in [0.717, 1.165) is 5.56 Å². The Morgan fingerprint density at radius 3 is 2.54 bits per heavy atom. The van der Waals surface area contributed by atoms with Gasteiger partial charge in [0.15, 0.2) is 11.5 Å². The summed E-state index contributed by atoms with van der Waals surface area (Å²) in [6, 6.07) is 8.73. The van der Waals surface area contributed by atoms with Crippen molar-refractivity contribution in [3.05, 3.63) is 52.5 Å². The van der Waals surface area contributed by atoms with E-state index < -0.39 is 17.8 Å². The third kappa shape index (κ3) is 3.25. The van der Waals surface area contributed by atoms with Crippen LogP contribution in [0.3, 0.4) is 0 Å². The van der Waals surface area contributed by atoms with Gasteiger partial charge < -0.3 is 14.6 Å². The van der Waals surface area contributed by atoms with Gasteiger partial charge in [-0.3, -0.25) is 4.79 Å². The van der Waals surface area contributed by atoms with Crippen molar-refractivity contribution in [1.29, 1.82) is 0 Å². The number of halogens is 1. The van der Waals surface area contributed by atoms with Crippen LogP contribution in [0.5, 0.6) is 11.5 Å². The van der Waals surface area contributed by atoms with Crippen LogP contribution in [0, 0.1) is 0 Å². The Morgan fingerprint density at radius 2 is 1.92 bits per heavy atom. The largest absolute Gasteiger partial charge is 0.492 e. The molecule has 0 spiro atoms. The lowest BCUT2D eigenvalue weighted by Crippen LogP contribution is -2.30. The fraction of sp³-hybridized carbons (Fsp3) is 0.222. The molecule has 3 rings (SSSR count). The summed E-state index contributed by atoms with van der Waals surface area (Å²) in [7, 11) is 1.38. The second-order valence-electron chi connectivity index (χ2n) is 5.62. The fourth-order valence-electron chi connectivity index (χ4n) is 2.63. The molecule has 1 aliphatic rings. The summed E-state index contributed by atoms with van der Waals surface area (Å²) in [5.41, 5.74) is 1.18. The summed E-state index contributed by atoms with van der Waals surface area (Å²) in [6.07, 6.45) is -0.352. The van der Waals surface area contributed by atoms with E-state index in [9.17, 15) is 9.59 Å². The number of hydrogen-bond donors (Lipinski definition) is 1. The average Bonchev–Trinajstić information content (AvgIpc) is 2.62. The van der Waals surface area contributed by atoms with Crippen LogP contribution in [0.2, 0.25) is 5.02 Å². The zero-order valence-electron chi connectivity index (χ0n) is 14.0. The van der Waals surface area contributed by atoms with E-state index in [0.29, 0.717) is 10.8 Å². The van der Waals surface area contributed by atoms with Crippen molar-refractivity contribution in [2.75, 3.05) is 7.11 Å². The maximum Gasteiger partial charge on any atom is 0.338 e. The molecule has 0 saturated carbocycles. The van der Waals surface area contributed by atoms with Crippen LogP contribution in [0.25, 0.3) is 0 Å². The van der Waals surface area contributed by atoms with Gasteiger partial charge in [-0.15, -0.1) is 0 Å². The number of nitrogens with zero attached hydrogens (tertiary/aromatic N) is 2. The van der Waals surface area contributed by atoms with Crippen LogP contribution in [0.1, 0.15) is 28.9 Å². The van der Waals surface area contributed by atoms with E-state index in [1.54, 1.807) is 24.3 Å². The Bertz CT molecular complexity index is 895. The minimum atomic E-state index is -1.58. The lowest BCUT2D eigenvalue weighted by atomic mass is 9.99. The third-order valence-corrected chi connectivity index (χ3v) is 4.21. The highest BCUT2D eigenvalue weighted by atomic mass is 35.5. The van der Waals surface area contributed by atoms with Gasteiger partial charge in [0.1, 0.15) is 11.8 Å². The van der Waals surface area contributed by atoms with E-state index in [1.165, 1.54) is 7.11 Å². The minimum Gasteiger partial charge on any atom is -0.492 e. The summed E-state index contributed by atoms with van der Waals surface area (Å²) in [5.74, 6) is -1.61. The van der Waals surface area contributed by atoms with Crippen LogP contribution < -0.4 is 9.47 Å². The summed E-state index contributed by atoms with van der Waals surface area (Å²) in [6.45, 7) is 1.84. The Hall–Kier alpha value is -2.93. The zero-order chi connectivity index (χ0) is 18.8. The summed E-state index contributed by atoms with van der Waals surface area (Å²) >= 11 is 5.89. The Kier molecular flexibility index (Phi) is 4.90. The highest BCUT2D eigenvalue weighted by Gasteiger charge is 2.36. The number of rotatable bonds is 5. The third-order valence-electron chi connectivity index (χ3n) is 3.96. The first-order valence-corrected chi connectivity index (χ1v) is 8.11. The molecule has 0 bridgehead atoms. The number of methoxy groups -OCH3 is 1. The minimum absolute atomic E-state index is 0.0516.